The Labute approximate surface area is 98.8 Å². The molecule has 1 aromatic carbocycles. The van der Waals surface area contributed by atoms with Crippen molar-refractivity contribution in [2.45, 2.75) is 31.0 Å². The second-order valence-corrected chi connectivity index (χ2v) is 5.93. The van der Waals surface area contributed by atoms with Gasteiger partial charge >= 0.3 is 0 Å². The number of rotatable bonds is 3. The van der Waals surface area contributed by atoms with Crippen LogP contribution in [0.2, 0.25) is 5.02 Å². The average Bonchev–Trinajstić information content (AvgIpc) is 2.89. The summed E-state index contributed by atoms with van der Waals surface area (Å²) in [5, 5.41) is 0.890. The molecule has 2 heteroatoms. The van der Waals surface area contributed by atoms with Gasteiger partial charge in [0.2, 0.25) is 0 Å². The van der Waals surface area contributed by atoms with Crippen molar-refractivity contribution >= 4 is 27.5 Å². The minimum atomic E-state index is 0.513. The monoisotopic (exact) mass is 272 g/mol. The molecule has 1 unspecified atom stereocenters. The molecule has 1 aliphatic carbocycles. The average molecular weight is 274 g/mol. The predicted octanol–water partition coefficient (Wildman–Crippen LogP) is 4.45. The highest BCUT2D eigenvalue weighted by molar-refractivity contribution is 9.09. The van der Waals surface area contributed by atoms with Crippen LogP contribution in [0.15, 0.2) is 24.3 Å². The van der Waals surface area contributed by atoms with Gasteiger partial charge in [-0.1, -0.05) is 52.7 Å². The van der Waals surface area contributed by atoms with Gasteiger partial charge in [-0.3, -0.25) is 0 Å². The highest BCUT2D eigenvalue weighted by atomic mass is 79.9. The van der Waals surface area contributed by atoms with Crippen LogP contribution in [0.25, 0.3) is 0 Å². The smallest absolute Gasteiger partial charge is 0.0438 e. The summed E-state index contributed by atoms with van der Waals surface area (Å²) in [5.74, 6) is 0. The van der Waals surface area contributed by atoms with Crippen LogP contribution in [0, 0.1) is 5.41 Å². The first kappa shape index (κ1) is 10.5. The van der Waals surface area contributed by atoms with Crippen LogP contribution in [0.5, 0.6) is 0 Å². The van der Waals surface area contributed by atoms with E-state index in [4.69, 9.17) is 11.6 Å². The zero-order valence-electron chi connectivity index (χ0n) is 8.26. The number of alkyl halides is 1. The van der Waals surface area contributed by atoms with Gasteiger partial charge in [0.05, 0.1) is 0 Å². The molecule has 0 nitrogen and oxygen atoms in total. The molecule has 1 aliphatic rings. The maximum absolute atomic E-state index is 6.12. The summed E-state index contributed by atoms with van der Waals surface area (Å²) < 4.78 is 0. The van der Waals surface area contributed by atoms with E-state index in [0.717, 1.165) is 11.4 Å². The summed E-state index contributed by atoms with van der Waals surface area (Å²) in [5.41, 5.74) is 1.77. The zero-order chi connectivity index (χ0) is 10.2. The lowest BCUT2D eigenvalue weighted by atomic mass is 9.99. The van der Waals surface area contributed by atoms with Gasteiger partial charge in [0.25, 0.3) is 0 Å². The Balaban J connectivity index is 2.07. The van der Waals surface area contributed by atoms with E-state index >= 15 is 0 Å². The largest absolute Gasteiger partial charge is 0.0881 e. The molecule has 0 radical (unpaired) electrons. The van der Waals surface area contributed by atoms with E-state index in [1.165, 1.54) is 18.4 Å². The first-order valence-electron chi connectivity index (χ1n) is 4.99. The molecule has 0 saturated heterocycles. The van der Waals surface area contributed by atoms with Crippen molar-refractivity contribution in [2.75, 3.05) is 0 Å². The molecule has 0 heterocycles. The molecular formula is C12H14BrCl. The molecule has 0 bridgehead atoms. The fourth-order valence-electron chi connectivity index (χ4n) is 1.61. The lowest BCUT2D eigenvalue weighted by molar-refractivity contribution is 0.543. The lowest BCUT2D eigenvalue weighted by Gasteiger charge is -2.17. The van der Waals surface area contributed by atoms with Gasteiger partial charge in [-0.05, 0) is 36.3 Å². The first-order valence-corrected chi connectivity index (χ1v) is 6.29. The van der Waals surface area contributed by atoms with Gasteiger partial charge in [0, 0.05) is 9.85 Å². The van der Waals surface area contributed by atoms with Crippen molar-refractivity contribution in [1.82, 2.24) is 0 Å². The zero-order valence-corrected chi connectivity index (χ0v) is 10.6. The van der Waals surface area contributed by atoms with Gasteiger partial charge in [0.1, 0.15) is 0 Å². The highest BCUT2D eigenvalue weighted by Gasteiger charge is 2.43. The van der Waals surface area contributed by atoms with Gasteiger partial charge in [-0.2, -0.15) is 0 Å². The summed E-state index contributed by atoms with van der Waals surface area (Å²) in [6.07, 6.45) is 3.72. The van der Waals surface area contributed by atoms with Gasteiger partial charge < -0.3 is 0 Å². The molecule has 1 atom stereocenters. The molecule has 0 spiro atoms. The summed E-state index contributed by atoms with van der Waals surface area (Å²) >= 11 is 9.89. The van der Waals surface area contributed by atoms with Crippen molar-refractivity contribution in [3.63, 3.8) is 0 Å². The van der Waals surface area contributed by atoms with Gasteiger partial charge in [-0.15, -0.1) is 0 Å². The third-order valence-electron chi connectivity index (χ3n) is 3.15. The van der Waals surface area contributed by atoms with E-state index in [9.17, 15) is 0 Å². The molecular weight excluding hydrogens is 259 g/mol. The third kappa shape index (κ3) is 2.14. The van der Waals surface area contributed by atoms with Crippen molar-refractivity contribution in [3.8, 4) is 0 Å². The first-order chi connectivity index (χ1) is 6.62. The fraction of sp³-hybridized carbons (Fsp3) is 0.500. The van der Waals surface area contributed by atoms with E-state index in [0.29, 0.717) is 10.2 Å². The molecule has 0 N–H and O–H groups in total. The minimum Gasteiger partial charge on any atom is -0.0881 e. The molecule has 0 amide bonds. The Morgan fingerprint density at radius 3 is 2.64 bits per heavy atom. The van der Waals surface area contributed by atoms with Gasteiger partial charge in [-0.25, -0.2) is 0 Å². The summed E-state index contributed by atoms with van der Waals surface area (Å²) in [4.78, 5) is 0.565. The normalized spacial score (nSPS) is 20.5. The molecule has 1 aromatic rings. The van der Waals surface area contributed by atoms with Crippen LogP contribution in [-0.2, 0) is 6.42 Å². The lowest BCUT2D eigenvalue weighted by Crippen LogP contribution is -2.14. The van der Waals surface area contributed by atoms with E-state index in [1.54, 1.807) is 0 Å². The van der Waals surface area contributed by atoms with Crippen LogP contribution in [-0.4, -0.2) is 4.83 Å². The molecule has 2 rings (SSSR count). The molecule has 0 aromatic heterocycles. The Bertz CT molecular complexity index is 331. The van der Waals surface area contributed by atoms with Crippen LogP contribution >= 0.6 is 27.5 Å². The fourth-order valence-corrected chi connectivity index (χ4v) is 2.63. The number of benzene rings is 1. The van der Waals surface area contributed by atoms with Crippen molar-refractivity contribution < 1.29 is 0 Å². The molecule has 1 fully saturated rings. The predicted molar refractivity (Wildman–Crippen MR) is 65.2 cm³/mol. The second-order valence-electron chi connectivity index (χ2n) is 4.42. The van der Waals surface area contributed by atoms with Crippen LogP contribution in [0.3, 0.4) is 0 Å². The summed E-state index contributed by atoms with van der Waals surface area (Å²) in [6.45, 7) is 2.34. The number of hydrogen-bond acceptors (Lipinski definition) is 0. The topological polar surface area (TPSA) is 0 Å². The molecule has 14 heavy (non-hydrogen) atoms. The van der Waals surface area contributed by atoms with E-state index in [1.807, 2.05) is 12.1 Å². The minimum absolute atomic E-state index is 0.513. The van der Waals surface area contributed by atoms with Crippen LogP contribution in [0.4, 0.5) is 0 Å². The quantitative estimate of drug-likeness (QED) is 0.714. The SMILES string of the molecule is CC1(C(Br)Cc2ccccc2Cl)CC1. The number of halogens is 2. The molecule has 76 valence electrons. The second kappa shape index (κ2) is 3.86. The van der Waals surface area contributed by atoms with Crippen molar-refractivity contribution in [1.29, 1.82) is 0 Å². The van der Waals surface area contributed by atoms with Crippen LogP contribution < -0.4 is 0 Å². The Kier molecular flexibility index (Phi) is 2.90. The summed E-state index contributed by atoms with van der Waals surface area (Å²) in [6, 6.07) is 8.11. The van der Waals surface area contributed by atoms with E-state index in [2.05, 4.69) is 35.0 Å². The van der Waals surface area contributed by atoms with E-state index < -0.39 is 0 Å². The number of hydrogen-bond donors (Lipinski definition) is 0. The standard InChI is InChI=1S/C12H14BrCl/c1-12(6-7-12)11(13)8-9-4-2-3-5-10(9)14/h2-5,11H,6-8H2,1H3. The van der Waals surface area contributed by atoms with Gasteiger partial charge in [0.15, 0.2) is 0 Å². The highest BCUT2D eigenvalue weighted by Crippen LogP contribution is 2.52. The Morgan fingerprint density at radius 2 is 2.07 bits per heavy atom. The van der Waals surface area contributed by atoms with Crippen molar-refractivity contribution in [2.24, 2.45) is 5.41 Å². The van der Waals surface area contributed by atoms with Crippen LogP contribution in [0.1, 0.15) is 25.3 Å². The molecule has 0 aliphatic heterocycles. The molecule has 1 saturated carbocycles. The van der Waals surface area contributed by atoms with E-state index in [-0.39, 0.29) is 0 Å². The van der Waals surface area contributed by atoms with Crippen molar-refractivity contribution in [3.05, 3.63) is 34.9 Å². The summed E-state index contributed by atoms with van der Waals surface area (Å²) in [7, 11) is 0. The Hall–Kier alpha value is -0.0100. The maximum atomic E-state index is 6.12. The third-order valence-corrected chi connectivity index (χ3v) is 4.95. The maximum Gasteiger partial charge on any atom is 0.0438 e. The Morgan fingerprint density at radius 1 is 1.43 bits per heavy atom.